The normalized spacial score (nSPS) is 15.8. The van der Waals surface area contributed by atoms with E-state index in [2.05, 4.69) is 0 Å². The molecule has 1 aromatic rings. The first-order valence-electron chi connectivity index (χ1n) is 6.68. The van der Waals surface area contributed by atoms with Gasteiger partial charge in [-0.1, -0.05) is 0 Å². The summed E-state index contributed by atoms with van der Waals surface area (Å²) in [5.41, 5.74) is -0.627. The van der Waals surface area contributed by atoms with Crippen LogP contribution >= 0.6 is 0 Å². The summed E-state index contributed by atoms with van der Waals surface area (Å²) < 4.78 is 37.4. The highest BCUT2D eigenvalue weighted by atomic mass is 19.4. The van der Waals surface area contributed by atoms with Gasteiger partial charge in [0.25, 0.3) is 5.91 Å². The third-order valence-electron chi connectivity index (χ3n) is 3.51. The van der Waals surface area contributed by atoms with Gasteiger partial charge in [0, 0.05) is 31.7 Å². The monoisotopic (exact) mass is 316 g/mol. The molecule has 1 aromatic carbocycles. The molecule has 1 N–H and O–H groups in total. The SMILES string of the molecule is O=C(CO)N1CCN(C(=O)c2ccc(C(F)(F)F)cc2)CC1. The minimum absolute atomic E-state index is 0.176. The molecule has 0 atom stereocenters. The molecule has 1 fully saturated rings. The van der Waals surface area contributed by atoms with E-state index in [0.29, 0.717) is 13.1 Å². The van der Waals surface area contributed by atoms with E-state index in [9.17, 15) is 22.8 Å². The van der Waals surface area contributed by atoms with E-state index in [0.717, 1.165) is 24.3 Å². The molecule has 22 heavy (non-hydrogen) atoms. The van der Waals surface area contributed by atoms with Crippen molar-refractivity contribution in [3.8, 4) is 0 Å². The summed E-state index contributed by atoms with van der Waals surface area (Å²) in [6.45, 7) is 0.585. The van der Waals surface area contributed by atoms with E-state index in [1.807, 2.05) is 0 Å². The summed E-state index contributed by atoms with van der Waals surface area (Å²) >= 11 is 0. The number of aliphatic hydroxyl groups excluding tert-OH is 1. The van der Waals surface area contributed by atoms with Gasteiger partial charge in [-0.2, -0.15) is 13.2 Å². The number of piperazine rings is 1. The van der Waals surface area contributed by atoms with Crippen LogP contribution in [-0.2, 0) is 11.0 Å². The van der Waals surface area contributed by atoms with E-state index in [1.165, 1.54) is 9.80 Å². The zero-order valence-electron chi connectivity index (χ0n) is 11.6. The molecule has 0 spiro atoms. The number of amides is 2. The molecule has 0 aromatic heterocycles. The Balaban J connectivity index is 2.00. The van der Waals surface area contributed by atoms with Crippen LogP contribution in [0.5, 0.6) is 0 Å². The minimum Gasteiger partial charge on any atom is -0.387 e. The average Bonchev–Trinajstić information content (AvgIpc) is 2.53. The van der Waals surface area contributed by atoms with Gasteiger partial charge in [0.1, 0.15) is 6.61 Å². The Kier molecular flexibility index (Phi) is 4.70. The third kappa shape index (κ3) is 3.56. The largest absolute Gasteiger partial charge is 0.416 e. The van der Waals surface area contributed by atoms with Crippen molar-refractivity contribution in [1.82, 2.24) is 9.80 Å². The molecule has 0 unspecified atom stereocenters. The number of nitrogens with zero attached hydrogens (tertiary/aromatic N) is 2. The van der Waals surface area contributed by atoms with Crippen LogP contribution in [0.1, 0.15) is 15.9 Å². The maximum Gasteiger partial charge on any atom is 0.416 e. The summed E-state index contributed by atoms with van der Waals surface area (Å²) in [5.74, 6) is -0.772. The lowest BCUT2D eigenvalue weighted by Crippen LogP contribution is -2.51. The van der Waals surface area contributed by atoms with Crippen molar-refractivity contribution in [1.29, 1.82) is 0 Å². The van der Waals surface area contributed by atoms with Crippen molar-refractivity contribution in [2.75, 3.05) is 32.8 Å². The molecule has 2 amide bonds. The Morgan fingerprint density at radius 2 is 1.50 bits per heavy atom. The van der Waals surface area contributed by atoms with E-state index in [-0.39, 0.29) is 24.6 Å². The van der Waals surface area contributed by atoms with Crippen molar-refractivity contribution >= 4 is 11.8 Å². The molecule has 0 aliphatic carbocycles. The Hall–Kier alpha value is -2.09. The van der Waals surface area contributed by atoms with Gasteiger partial charge in [0.2, 0.25) is 5.91 Å². The predicted octanol–water partition coefficient (Wildman–Crippen LogP) is 0.982. The first-order valence-corrected chi connectivity index (χ1v) is 6.68. The number of rotatable bonds is 2. The molecule has 120 valence electrons. The molecule has 1 aliphatic heterocycles. The van der Waals surface area contributed by atoms with Crippen LogP contribution in [0.2, 0.25) is 0 Å². The van der Waals surface area contributed by atoms with Gasteiger partial charge in [-0.15, -0.1) is 0 Å². The van der Waals surface area contributed by atoms with Crippen LogP contribution in [0, 0.1) is 0 Å². The van der Waals surface area contributed by atoms with Gasteiger partial charge in [-0.25, -0.2) is 0 Å². The van der Waals surface area contributed by atoms with E-state index in [1.54, 1.807) is 0 Å². The number of carbonyl (C=O) groups is 2. The lowest BCUT2D eigenvalue weighted by atomic mass is 10.1. The molecular formula is C14H15F3N2O3. The van der Waals surface area contributed by atoms with Crippen molar-refractivity contribution in [3.05, 3.63) is 35.4 Å². The van der Waals surface area contributed by atoms with Crippen molar-refractivity contribution < 1.29 is 27.9 Å². The topological polar surface area (TPSA) is 60.9 Å². The average molecular weight is 316 g/mol. The van der Waals surface area contributed by atoms with Crippen molar-refractivity contribution in [2.45, 2.75) is 6.18 Å². The van der Waals surface area contributed by atoms with Crippen LogP contribution in [0.4, 0.5) is 13.2 Å². The fourth-order valence-electron chi connectivity index (χ4n) is 2.24. The van der Waals surface area contributed by atoms with Crippen LogP contribution in [0.3, 0.4) is 0 Å². The summed E-state index contributed by atoms with van der Waals surface area (Å²) in [5, 5.41) is 8.77. The second kappa shape index (κ2) is 6.35. The number of aliphatic hydroxyl groups is 1. The molecule has 0 radical (unpaired) electrons. The Morgan fingerprint density at radius 3 is 1.95 bits per heavy atom. The summed E-state index contributed by atoms with van der Waals surface area (Å²) in [7, 11) is 0. The zero-order chi connectivity index (χ0) is 16.3. The Morgan fingerprint density at radius 1 is 1.00 bits per heavy atom. The van der Waals surface area contributed by atoms with Crippen LogP contribution in [0.25, 0.3) is 0 Å². The Labute approximate surface area is 124 Å². The molecule has 1 heterocycles. The molecule has 0 bridgehead atoms. The highest BCUT2D eigenvalue weighted by molar-refractivity contribution is 5.94. The maximum absolute atomic E-state index is 12.5. The van der Waals surface area contributed by atoms with E-state index >= 15 is 0 Å². The summed E-state index contributed by atoms with van der Waals surface area (Å²) in [4.78, 5) is 26.4. The highest BCUT2D eigenvalue weighted by Gasteiger charge is 2.31. The van der Waals surface area contributed by atoms with Gasteiger partial charge < -0.3 is 14.9 Å². The molecular weight excluding hydrogens is 301 g/mol. The number of carbonyl (C=O) groups excluding carboxylic acids is 2. The third-order valence-corrected chi connectivity index (χ3v) is 3.51. The number of hydrogen-bond acceptors (Lipinski definition) is 3. The van der Waals surface area contributed by atoms with Gasteiger partial charge in [-0.3, -0.25) is 9.59 Å². The first-order chi connectivity index (χ1) is 10.3. The van der Waals surface area contributed by atoms with Crippen molar-refractivity contribution in [3.63, 3.8) is 0 Å². The molecule has 8 heteroatoms. The van der Waals surface area contributed by atoms with E-state index < -0.39 is 24.3 Å². The Bertz CT molecular complexity index is 549. The van der Waals surface area contributed by atoms with Crippen molar-refractivity contribution in [2.24, 2.45) is 0 Å². The highest BCUT2D eigenvalue weighted by Crippen LogP contribution is 2.29. The quantitative estimate of drug-likeness (QED) is 0.885. The maximum atomic E-state index is 12.5. The second-order valence-electron chi connectivity index (χ2n) is 4.91. The molecule has 0 saturated carbocycles. The molecule has 1 saturated heterocycles. The van der Waals surface area contributed by atoms with E-state index in [4.69, 9.17) is 5.11 Å². The van der Waals surface area contributed by atoms with Crippen LogP contribution in [0.15, 0.2) is 24.3 Å². The fourth-order valence-corrected chi connectivity index (χ4v) is 2.24. The molecule has 1 aliphatic rings. The number of benzene rings is 1. The second-order valence-corrected chi connectivity index (χ2v) is 4.91. The number of halogens is 3. The van der Waals surface area contributed by atoms with Crippen LogP contribution in [-0.4, -0.2) is 59.5 Å². The van der Waals surface area contributed by atoms with Gasteiger partial charge >= 0.3 is 6.18 Å². The first kappa shape index (κ1) is 16.3. The molecule has 5 nitrogen and oxygen atoms in total. The summed E-state index contributed by atoms with van der Waals surface area (Å²) in [6.07, 6.45) is -4.43. The number of alkyl halides is 3. The van der Waals surface area contributed by atoms with Gasteiger partial charge in [0.15, 0.2) is 0 Å². The zero-order valence-corrected chi connectivity index (χ0v) is 11.6. The predicted molar refractivity (Wildman–Crippen MR) is 71.0 cm³/mol. The lowest BCUT2D eigenvalue weighted by molar-refractivity contribution is -0.137. The smallest absolute Gasteiger partial charge is 0.387 e. The van der Waals surface area contributed by atoms with Gasteiger partial charge in [-0.05, 0) is 24.3 Å². The lowest BCUT2D eigenvalue weighted by Gasteiger charge is -2.34. The minimum atomic E-state index is -4.43. The molecule has 2 rings (SSSR count). The standard InChI is InChI=1S/C14H15F3N2O3/c15-14(16,17)11-3-1-10(2-4-11)13(22)19-7-5-18(6-8-19)12(21)9-20/h1-4,20H,5-9H2. The number of hydrogen-bond donors (Lipinski definition) is 1. The fraction of sp³-hybridized carbons (Fsp3) is 0.429. The summed E-state index contributed by atoms with van der Waals surface area (Å²) in [6, 6.07) is 4.05. The van der Waals surface area contributed by atoms with Crippen LogP contribution < -0.4 is 0 Å². The van der Waals surface area contributed by atoms with Gasteiger partial charge in [0.05, 0.1) is 5.56 Å².